The molecule has 1 aliphatic heterocycles. The number of aromatic nitrogens is 2. The fourth-order valence-corrected chi connectivity index (χ4v) is 3.17. The van der Waals surface area contributed by atoms with Gasteiger partial charge in [-0.25, -0.2) is 4.79 Å². The van der Waals surface area contributed by atoms with Gasteiger partial charge in [0.05, 0.1) is 18.1 Å². The predicted octanol–water partition coefficient (Wildman–Crippen LogP) is 1.79. The predicted molar refractivity (Wildman–Crippen MR) is 77.7 cm³/mol. The van der Waals surface area contributed by atoms with Crippen LogP contribution in [-0.4, -0.2) is 33.3 Å². The molecule has 2 rings (SSSR count). The van der Waals surface area contributed by atoms with Gasteiger partial charge >= 0.3 is 11.7 Å². The molecule has 6 heteroatoms. The van der Waals surface area contributed by atoms with Gasteiger partial charge in [0.1, 0.15) is 0 Å². The van der Waals surface area contributed by atoms with Crippen LogP contribution in [0.1, 0.15) is 55.6 Å². The largest absolute Gasteiger partial charge is 0.481 e. The first-order valence-corrected chi connectivity index (χ1v) is 7.28. The first kappa shape index (κ1) is 15.7. The SMILES string of the molecule is Cc1nc(=O)n(C(C)C2CCCO2)c(C)c1C(C)C(=O)O. The molecule has 0 spiro atoms. The third-order valence-electron chi connectivity index (χ3n) is 4.32. The molecule has 0 aliphatic carbocycles. The monoisotopic (exact) mass is 294 g/mol. The number of rotatable bonds is 4. The second kappa shape index (κ2) is 5.97. The van der Waals surface area contributed by atoms with E-state index in [1.54, 1.807) is 25.3 Å². The molecule has 1 N–H and O–H groups in total. The van der Waals surface area contributed by atoms with E-state index in [1.807, 2.05) is 6.92 Å². The zero-order valence-corrected chi connectivity index (χ0v) is 12.9. The molecule has 1 saturated heterocycles. The summed E-state index contributed by atoms with van der Waals surface area (Å²) in [6.07, 6.45) is 1.88. The fraction of sp³-hybridized carbons (Fsp3) is 0.667. The molecular weight excluding hydrogens is 272 g/mol. The average molecular weight is 294 g/mol. The van der Waals surface area contributed by atoms with Crippen molar-refractivity contribution in [2.75, 3.05) is 6.61 Å². The Morgan fingerprint density at radius 3 is 2.62 bits per heavy atom. The van der Waals surface area contributed by atoms with Gasteiger partial charge in [0.15, 0.2) is 0 Å². The molecular formula is C15H22N2O4. The molecule has 0 radical (unpaired) electrons. The summed E-state index contributed by atoms with van der Waals surface area (Å²) < 4.78 is 7.23. The van der Waals surface area contributed by atoms with Crippen molar-refractivity contribution < 1.29 is 14.6 Å². The molecule has 116 valence electrons. The highest BCUT2D eigenvalue weighted by molar-refractivity contribution is 5.76. The number of aliphatic carboxylic acids is 1. The fourth-order valence-electron chi connectivity index (χ4n) is 3.17. The van der Waals surface area contributed by atoms with E-state index in [0.717, 1.165) is 12.8 Å². The van der Waals surface area contributed by atoms with Crippen LogP contribution in [0.3, 0.4) is 0 Å². The highest BCUT2D eigenvalue weighted by atomic mass is 16.5. The molecule has 0 saturated carbocycles. The number of aryl methyl sites for hydroxylation is 1. The summed E-state index contributed by atoms with van der Waals surface area (Å²) in [6.45, 7) is 7.72. The van der Waals surface area contributed by atoms with Crippen LogP contribution in [-0.2, 0) is 9.53 Å². The van der Waals surface area contributed by atoms with Gasteiger partial charge in [-0.15, -0.1) is 0 Å². The van der Waals surface area contributed by atoms with Crippen molar-refractivity contribution in [3.63, 3.8) is 0 Å². The molecule has 1 aromatic rings. The van der Waals surface area contributed by atoms with E-state index in [1.165, 1.54) is 0 Å². The maximum Gasteiger partial charge on any atom is 0.348 e. The molecule has 3 atom stereocenters. The minimum atomic E-state index is -0.919. The topological polar surface area (TPSA) is 81.4 Å². The number of carboxylic acids is 1. The molecule has 1 aliphatic rings. The minimum absolute atomic E-state index is 0.0149. The lowest BCUT2D eigenvalue weighted by molar-refractivity contribution is -0.138. The van der Waals surface area contributed by atoms with E-state index in [9.17, 15) is 14.7 Å². The van der Waals surface area contributed by atoms with Crippen molar-refractivity contribution in [2.24, 2.45) is 0 Å². The third-order valence-corrected chi connectivity index (χ3v) is 4.32. The average Bonchev–Trinajstić information content (AvgIpc) is 2.91. The second-order valence-electron chi connectivity index (χ2n) is 5.70. The lowest BCUT2D eigenvalue weighted by Crippen LogP contribution is -2.35. The standard InChI is InChI=1S/C15H22N2O4/c1-8(14(18)19)13-9(2)16-15(20)17(11(13)4)10(3)12-6-5-7-21-12/h8,10,12H,5-7H2,1-4H3,(H,18,19). The molecule has 3 unspecified atom stereocenters. The van der Waals surface area contributed by atoms with Crippen LogP contribution in [0.5, 0.6) is 0 Å². The van der Waals surface area contributed by atoms with Crippen LogP contribution < -0.4 is 5.69 Å². The Morgan fingerprint density at radius 2 is 2.10 bits per heavy atom. The normalized spacial score (nSPS) is 21.2. The first-order chi connectivity index (χ1) is 9.84. The minimum Gasteiger partial charge on any atom is -0.481 e. The van der Waals surface area contributed by atoms with E-state index in [2.05, 4.69) is 4.98 Å². The summed E-state index contributed by atoms with van der Waals surface area (Å²) in [7, 11) is 0. The summed E-state index contributed by atoms with van der Waals surface area (Å²) in [4.78, 5) is 27.6. The van der Waals surface area contributed by atoms with Crippen molar-refractivity contribution in [1.82, 2.24) is 9.55 Å². The summed E-state index contributed by atoms with van der Waals surface area (Å²) in [5.74, 6) is -1.61. The number of ether oxygens (including phenoxy) is 1. The third kappa shape index (κ3) is 2.85. The van der Waals surface area contributed by atoms with Crippen LogP contribution in [0.15, 0.2) is 4.79 Å². The van der Waals surface area contributed by atoms with Crippen LogP contribution in [0.2, 0.25) is 0 Å². The van der Waals surface area contributed by atoms with Gasteiger partial charge in [-0.2, -0.15) is 4.98 Å². The summed E-state index contributed by atoms with van der Waals surface area (Å²) >= 11 is 0. The second-order valence-corrected chi connectivity index (χ2v) is 5.70. The van der Waals surface area contributed by atoms with Gasteiger partial charge in [0.25, 0.3) is 0 Å². The smallest absolute Gasteiger partial charge is 0.348 e. The Morgan fingerprint density at radius 1 is 1.43 bits per heavy atom. The molecule has 0 bridgehead atoms. The van der Waals surface area contributed by atoms with Crippen molar-refractivity contribution in [3.05, 3.63) is 27.4 Å². The summed E-state index contributed by atoms with van der Waals surface area (Å²) in [6, 6.07) is -0.146. The van der Waals surface area contributed by atoms with Crippen molar-refractivity contribution in [1.29, 1.82) is 0 Å². The lowest BCUT2D eigenvalue weighted by Gasteiger charge is -2.25. The van der Waals surface area contributed by atoms with Gasteiger partial charge in [-0.3, -0.25) is 9.36 Å². The van der Waals surface area contributed by atoms with Crippen LogP contribution in [0, 0.1) is 13.8 Å². The maximum atomic E-state index is 12.3. The van der Waals surface area contributed by atoms with Gasteiger partial charge in [0.2, 0.25) is 0 Å². The number of hydrogen-bond donors (Lipinski definition) is 1. The Labute approximate surface area is 123 Å². The van der Waals surface area contributed by atoms with Crippen LogP contribution in [0.4, 0.5) is 0 Å². The molecule has 0 amide bonds. The van der Waals surface area contributed by atoms with E-state index < -0.39 is 11.9 Å². The van der Waals surface area contributed by atoms with Gasteiger partial charge in [0, 0.05) is 23.6 Å². The maximum absolute atomic E-state index is 12.3. The quantitative estimate of drug-likeness (QED) is 0.915. The number of hydrogen-bond acceptors (Lipinski definition) is 4. The van der Waals surface area contributed by atoms with Crippen LogP contribution >= 0.6 is 0 Å². The zero-order valence-electron chi connectivity index (χ0n) is 12.9. The highest BCUT2D eigenvalue weighted by Crippen LogP contribution is 2.27. The highest BCUT2D eigenvalue weighted by Gasteiger charge is 2.29. The first-order valence-electron chi connectivity index (χ1n) is 7.28. The van der Waals surface area contributed by atoms with Crippen molar-refractivity contribution in [2.45, 2.75) is 58.6 Å². The van der Waals surface area contributed by atoms with E-state index in [4.69, 9.17) is 4.74 Å². The van der Waals surface area contributed by atoms with E-state index >= 15 is 0 Å². The van der Waals surface area contributed by atoms with Crippen molar-refractivity contribution in [3.8, 4) is 0 Å². The number of nitrogens with zero attached hydrogens (tertiary/aromatic N) is 2. The molecule has 2 heterocycles. The molecule has 21 heavy (non-hydrogen) atoms. The van der Waals surface area contributed by atoms with Gasteiger partial charge < -0.3 is 9.84 Å². The molecule has 1 aromatic heterocycles. The molecule has 0 aromatic carbocycles. The number of carbonyl (C=O) groups is 1. The van der Waals surface area contributed by atoms with Gasteiger partial charge in [-0.05, 0) is 40.5 Å². The Balaban J connectivity index is 2.53. The van der Waals surface area contributed by atoms with E-state index in [0.29, 0.717) is 23.6 Å². The number of carboxylic acid groups (broad SMARTS) is 1. The molecule has 1 fully saturated rings. The summed E-state index contributed by atoms with van der Waals surface area (Å²) in [5, 5.41) is 9.25. The lowest BCUT2D eigenvalue weighted by atomic mass is 9.97. The van der Waals surface area contributed by atoms with Gasteiger partial charge in [-0.1, -0.05) is 0 Å². The Hall–Kier alpha value is -1.69. The Bertz CT molecular complexity index is 602. The summed E-state index contributed by atoms with van der Waals surface area (Å²) in [5.41, 5.74) is 1.44. The molecule has 6 nitrogen and oxygen atoms in total. The zero-order chi connectivity index (χ0) is 15.7. The van der Waals surface area contributed by atoms with Crippen molar-refractivity contribution >= 4 is 5.97 Å². The Kier molecular flexibility index (Phi) is 4.46. The van der Waals surface area contributed by atoms with Crippen LogP contribution in [0.25, 0.3) is 0 Å². The van der Waals surface area contributed by atoms with E-state index in [-0.39, 0.29) is 17.8 Å².